The van der Waals surface area contributed by atoms with E-state index in [0.717, 1.165) is 36.7 Å². The smallest absolute Gasteiger partial charge is 0.322 e. The van der Waals surface area contributed by atoms with Crippen molar-refractivity contribution < 1.29 is 4.79 Å². The van der Waals surface area contributed by atoms with Gasteiger partial charge < -0.3 is 15.5 Å². The molecule has 1 fully saturated rings. The molecule has 0 radical (unpaired) electrons. The number of hydrogen-bond acceptors (Lipinski definition) is 5. The summed E-state index contributed by atoms with van der Waals surface area (Å²) in [5.74, 6) is 0.796. The van der Waals surface area contributed by atoms with Crippen LogP contribution in [0.1, 0.15) is 6.42 Å². The van der Waals surface area contributed by atoms with Gasteiger partial charge in [-0.15, -0.1) is 0 Å². The van der Waals surface area contributed by atoms with Gasteiger partial charge in [0.1, 0.15) is 0 Å². The van der Waals surface area contributed by atoms with Gasteiger partial charge in [0.25, 0.3) is 0 Å². The van der Waals surface area contributed by atoms with Gasteiger partial charge >= 0.3 is 6.03 Å². The number of nitrogens with one attached hydrogen (secondary N) is 2. The summed E-state index contributed by atoms with van der Waals surface area (Å²) in [4.78, 5) is 25.2. The highest BCUT2D eigenvalue weighted by Crippen LogP contribution is 2.36. The Kier molecular flexibility index (Phi) is 4.00. The highest BCUT2D eigenvalue weighted by Gasteiger charge is 2.29. The van der Waals surface area contributed by atoms with Crippen LogP contribution in [0.15, 0.2) is 42.9 Å². The van der Waals surface area contributed by atoms with Crippen molar-refractivity contribution in [3.8, 4) is 0 Å². The summed E-state index contributed by atoms with van der Waals surface area (Å²) in [6.45, 7) is 3.10. The van der Waals surface area contributed by atoms with Crippen LogP contribution in [0, 0.1) is 0 Å². The molecule has 4 rings (SSSR count). The molecular formula is C17H20N6O. The number of fused-ring (bicyclic) bond motifs is 1. The fourth-order valence-electron chi connectivity index (χ4n) is 3.27. The molecule has 7 nitrogen and oxygen atoms in total. The standard InChI is InChI=1S/C17H20N6O/c24-17(21-13-5-6-18-11-13)23-10-9-22(16-12-19-7-8-20-16)14-3-1-2-4-15(14)23/h1-4,7-8,12-13,18H,5-6,9-11H2,(H,21,24). The molecule has 1 unspecified atom stereocenters. The monoisotopic (exact) mass is 324 g/mol. The van der Waals surface area contributed by atoms with E-state index in [1.54, 1.807) is 18.6 Å². The molecule has 0 spiro atoms. The van der Waals surface area contributed by atoms with E-state index in [-0.39, 0.29) is 12.1 Å². The van der Waals surface area contributed by atoms with Crippen LogP contribution in [0.5, 0.6) is 0 Å². The molecule has 0 aliphatic carbocycles. The summed E-state index contributed by atoms with van der Waals surface area (Å²) in [5, 5.41) is 6.39. The Morgan fingerprint density at radius 1 is 1.21 bits per heavy atom. The maximum atomic E-state index is 12.7. The minimum atomic E-state index is -0.0325. The number of benzene rings is 1. The second kappa shape index (κ2) is 6.45. The third kappa shape index (κ3) is 2.78. The van der Waals surface area contributed by atoms with E-state index in [0.29, 0.717) is 13.1 Å². The zero-order valence-electron chi connectivity index (χ0n) is 13.4. The van der Waals surface area contributed by atoms with Gasteiger partial charge in [0, 0.05) is 38.1 Å². The van der Waals surface area contributed by atoms with Gasteiger partial charge in [0.15, 0.2) is 5.82 Å². The Labute approximate surface area is 140 Å². The predicted molar refractivity (Wildman–Crippen MR) is 92.6 cm³/mol. The van der Waals surface area contributed by atoms with Crippen molar-refractivity contribution in [1.82, 2.24) is 20.6 Å². The molecule has 2 N–H and O–H groups in total. The molecule has 3 heterocycles. The van der Waals surface area contributed by atoms with E-state index < -0.39 is 0 Å². The molecule has 0 saturated carbocycles. The zero-order valence-corrected chi connectivity index (χ0v) is 13.4. The molecule has 2 aliphatic heterocycles. The molecule has 24 heavy (non-hydrogen) atoms. The summed E-state index contributed by atoms with van der Waals surface area (Å²) < 4.78 is 0. The molecular weight excluding hydrogens is 304 g/mol. The van der Waals surface area contributed by atoms with Crippen molar-refractivity contribution >= 4 is 23.2 Å². The number of nitrogens with zero attached hydrogens (tertiary/aromatic N) is 4. The first kappa shape index (κ1) is 14.9. The summed E-state index contributed by atoms with van der Waals surface area (Å²) >= 11 is 0. The second-order valence-electron chi connectivity index (χ2n) is 5.99. The van der Waals surface area contributed by atoms with Gasteiger partial charge in [0.05, 0.1) is 17.6 Å². The number of rotatable bonds is 2. The molecule has 1 atom stereocenters. The predicted octanol–water partition coefficient (Wildman–Crippen LogP) is 1.51. The van der Waals surface area contributed by atoms with E-state index >= 15 is 0 Å². The number of carbonyl (C=O) groups excluding carboxylic acids is 1. The van der Waals surface area contributed by atoms with E-state index in [1.807, 2.05) is 29.2 Å². The van der Waals surface area contributed by atoms with Crippen LogP contribution < -0.4 is 20.4 Å². The first-order valence-electron chi connectivity index (χ1n) is 8.24. The Morgan fingerprint density at radius 2 is 2.08 bits per heavy atom. The highest BCUT2D eigenvalue weighted by atomic mass is 16.2. The topological polar surface area (TPSA) is 73.4 Å². The third-order valence-electron chi connectivity index (χ3n) is 4.47. The Morgan fingerprint density at radius 3 is 2.83 bits per heavy atom. The number of hydrogen-bond donors (Lipinski definition) is 2. The van der Waals surface area contributed by atoms with Crippen LogP contribution in [-0.2, 0) is 0 Å². The van der Waals surface area contributed by atoms with Crippen LogP contribution in [0.2, 0.25) is 0 Å². The third-order valence-corrected chi connectivity index (χ3v) is 4.47. The maximum absolute atomic E-state index is 12.7. The van der Waals surface area contributed by atoms with Crippen molar-refractivity contribution in [3.63, 3.8) is 0 Å². The van der Waals surface area contributed by atoms with Crippen molar-refractivity contribution in [2.75, 3.05) is 36.0 Å². The Hall–Kier alpha value is -2.67. The summed E-state index contributed by atoms with van der Waals surface area (Å²) in [5.41, 5.74) is 1.88. The van der Waals surface area contributed by atoms with Gasteiger partial charge in [-0.3, -0.25) is 9.88 Å². The lowest BCUT2D eigenvalue weighted by Gasteiger charge is -2.37. The van der Waals surface area contributed by atoms with E-state index in [1.165, 1.54) is 0 Å². The highest BCUT2D eigenvalue weighted by molar-refractivity contribution is 5.97. The average Bonchev–Trinajstić information content (AvgIpc) is 3.14. The molecule has 124 valence electrons. The summed E-state index contributed by atoms with van der Waals surface area (Å²) in [6, 6.07) is 8.10. The van der Waals surface area contributed by atoms with Crippen molar-refractivity contribution in [1.29, 1.82) is 0 Å². The van der Waals surface area contributed by atoms with Crippen LogP contribution in [0.3, 0.4) is 0 Å². The molecule has 2 aromatic rings. The summed E-state index contributed by atoms with van der Waals surface area (Å²) in [7, 11) is 0. The molecule has 1 aromatic carbocycles. The molecule has 0 bridgehead atoms. The first-order chi connectivity index (χ1) is 11.8. The minimum Gasteiger partial charge on any atom is -0.334 e. The van der Waals surface area contributed by atoms with Gasteiger partial charge in [0.2, 0.25) is 0 Å². The van der Waals surface area contributed by atoms with Crippen molar-refractivity contribution in [2.45, 2.75) is 12.5 Å². The largest absolute Gasteiger partial charge is 0.334 e. The van der Waals surface area contributed by atoms with E-state index in [9.17, 15) is 4.79 Å². The zero-order chi connectivity index (χ0) is 16.4. The van der Waals surface area contributed by atoms with Gasteiger partial charge in [-0.1, -0.05) is 12.1 Å². The molecule has 1 saturated heterocycles. The quantitative estimate of drug-likeness (QED) is 0.876. The number of amides is 2. The lowest BCUT2D eigenvalue weighted by molar-refractivity contribution is 0.243. The first-order valence-corrected chi connectivity index (χ1v) is 8.24. The number of anilines is 3. The maximum Gasteiger partial charge on any atom is 0.322 e. The van der Waals surface area contributed by atoms with Crippen molar-refractivity contribution in [2.24, 2.45) is 0 Å². The molecule has 2 amide bonds. The van der Waals surface area contributed by atoms with Gasteiger partial charge in [-0.2, -0.15) is 0 Å². The molecule has 1 aromatic heterocycles. The lowest BCUT2D eigenvalue weighted by atomic mass is 10.1. The van der Waals surface area contributed by atoms with Crippen LogP contribution >= 0.6 is 0 Å². The van der Waals surface area contributed by atoms with Gasteiger partial charge in [-0.05, 0) is 25.1 Å². The second-order valence-corrected chi connectivity index (χ2v) is 5.99. The van der Waals surface area contributed by atoms with E-state index in [2.05, 4.69) is 25.5 Å². The van der Waals surface area contributed by atoms with Gasteiger partial charge in [-0.25, -0.2) is 9.78 Å². The SMILES string of the molecule is O=C(NC1CCNC1)N1CCN(c2cnccn2)c2ccccc21. The van der Waals surface area contributed by atoms with Crippen molar-refractivity contribution in [3.05, 3.63) is 42.9 Å². The van der Waals surface area contributed by atoms with Crippen LogP contribution in [0.25, 0.3) is 0 Å². The Balaban J connectivity index is 1.60. The minimum absolute atomic E-state index is 0.0325. The summed E-state index contributed by atoms with van der Waals surface area (Å²) in [6.07, 6.45) is 6.07. The van der Waals surface area contributed by atoms with Crippen LogP contribution in [0.4, 0.5) is 22.0 Å². The molecule has 2 aliphatic rings. The number of para-hydroxylation sites is 2. The molecule has 7 heteroatoms. The average molecular weight is 324 g/mol. The fraction of sp³-hybridized carbons (Fsp3) is 0.353. The lowest BCUT2D eigenvalue weighted by Crippen LogP contribution is -2.50. The number of carbonyl (C=O) groups is 1. The Bertz CT molecular complexity index is 716. The fourth-order valence-corrected chi connectivity index (χ4v) is 3.27. The normalized spacial score (nSPS) is 19.9. The van der Waals surface area contributed by atoms with Crippen LogP contribution in [-0.4, -0.2) is 48.2 Å². The van der Waals surface area contributed by atoms with E-state index in [4.69, 9.17) is 0 Å². The number of urea groups is 1. The number of aromatic nitrogens is 2.